The molecule has 0 saturated carbocycles. The molecule has 1 saturated heterocycles. The molecule has 1 aromatic heterocycles. The summed E-state index contributed by atoms with van der Waals surface area (Å²) in [5.41, 5.74) is 3.64. The minimum atomic E-state index is -0.359. The topological polar surface area (TPSA) is 53.4 Å². The molecular formula is C27H29FN2O2. The summed E-state index contributed by atoms with van der Waals surface area (Å²) in [6, 6.07) is 19.6. The number of carbonyl (C=O) groups is 1. The Labute approximate surface area is 188 Å². The molecule has 3 aromatic rings. The number of benzene rings is 2. The van der Waals surface area contributed by atoms with Crippen LogP contribution in [-0.4, -0.2) is 34.0 Å². The lowest BCUT2D eigenvalue weighted by Gasteiger charge is -2.44. The molecule has 166 valence electrons. The van der Waals surface area contributed by atoms with Crippen LogP contribution in [0.2, 0.25) is 0 Å². The number of likely N-dealkylation sites (tertiary alicyclic amines) is 1. The van der Waals surface area contributed by atoms with Gasteiger partial charge in [0.2, 0.25) is 5.91 Å². The van der Waals surface area contributed by atoms with Gasteiger partial charge in [-0.1, -0.05) is 54.6 Å². The molecule has 5 heteroatoms. The molecule has 1 N–H and O–H groups in total. The van der Waals surface area contributed by atoms with E-state index in [-0.39, 0.29) is 29.8 Å². The first kappa shape index (κ1) is 22.2. The molecule has 4 rings (SSSR count). The fourth-order valence-electron chi connectivity index (χ4n) is 4.87. The lowest BCUT2D eigenvalue weighted by Crippen LogP contribution is -2.47. The van der Waals surface area contributed by atoms with Crippen molar-refractivity contribution in [1.29, 1.82) is 0 Å². The first-order chi connectivity index (χ1) is 15.5. The maximum Gasteiger partial charge on any atom is 0.223 e. The molecule has 1 unspecified atom stereocenters. The normalized spacial score (nSPS) is 19.7. The third-order valence-electron chi connectivity index (χ3n) is 6.74. The van der Waals surface area contributed by atoms with E-state index in [4.69, 9.17) is 0 Å². The van der Waals surface area contributed by atoms with Crippen molar-refractivity contribution in [3.63, 3.8) is 0 Å². The van der Waals surface area contributed by atoms with Gasteiger partial charge in [0.05, 0.1) is 12.2 Å². The van der Waals surface area contributed by atoms with E-state index in [9.17, 15) is 14.3 Å². The second-order valence-corrected chi connectivity index (χ2v) is 8.68. The van der Waals surface area contributed by atoms with Gasteiger partial charge in [0.1, 0.15) is 5.82 Å². The molecule has 32 heavy (non-hydrogen) atoms. The van der Waals surface area contributed by atoms with Crippen LogP contribution in [0.1, 0.15) is 49.8 Å². The van der Waals surface area contributed by atoms with Crippen LogP contribution in [0.4, 0.5) is 4.39 Å². The predicted molar refractivity (Wildman–Crippen MR) is 123 cm³/mol. The third-order valence-corrected chi connectivity index (χ3v) is 6.74. The number of hydrogen-bond acceptors (Lipinski definition) is 3. The molecule has 0 radical (unpaired) electrons. The van der Waals surface area contributed by atoms with Crippen molar-refractivity contribution >= 4 is 5.91 Å². The Morgan fingerprint density at radius 1 is 1.09 bits per heavy atom. The number of rotatable bonds is 7. The van der Waals surface area contributed by atoms with Crippen LogP contribution in [0, 0.1) is 5.82 Å². The van der Waals surface area contributed by atoms with E-state index >= 15 is 0 Å². The summed E-state index contributed by atoms with van der Waals surface area (Å²) >= 11 is 0. The molecule has 0 aliphatic carbocycles. The fourth-order valence-corrected chi connectivity index (χ4v) is 4.87. The number of nitrogens with zero attached hydrogens (tertiary/aromatic N) is 2. The van der Waals surface area contributed by atoms with Crippen molar-refractivity contribution in [2.45, 2.75) is 44.1 Å². The average molecular weight is 433 g/mol. The number of amides is 1. The van der Waals surface area contributed by atoms with Gasteiger partial charge in [0.25, 0.3) is 0 Å². The number of aliphatic hydroxyl groups is 1. The molecule has 1 amide bonds. The van der Waals surface area contributed by atoms with E-state index in [1.54, 1.807) is 6.20 Å². The van der Waals surface area contributed by atoms with E-state index < -0.39 is 0 Å². The van der Waals surface area contributed by atoms with E-state index in [2.05, 4.69) is 24.0 Å². The smallest absolute Gasteiger partial charge is 0.223 e. The monoisotopic (exact) mass is 432 g/mol. The van der Waals surface area contributed by atoms with Crippen molar-refractivity contribution in [3.05, 3.63) is 90.0 Å². The van der Waals surface area contributed by atoms with Gasteiger partial charge in [-0.25, -0.2) is 4.39 Å². The molecule has 0 bridgehead atoms. The van der Waals surface area contributed by atoms with Crippen LogP contribution in [0.25, 0.3) is 11.1 Å². The highest BCUT2D eigenvalue weighted by Gasteiger charge is 2.41. The van der Waals surface area contributed by atoms with Gasteiger partial charge in [-0.3, -0.25) is 9.78 Å². The molecular weight excluding hydrogens is 403 g/mol. The van der Waals surface area contributed by atoms with Gasteiger partial charge in [-0.15, -0.1) is 0 Å². The minimum absolute atomic E-state index is 0.0474. The number of aliphatic hydroxyl groups excluding tert-OH is 1. The van der Waals surface area contributed by atoms with Gasteiger partial charge in [-0.05, 0) is 48.9 Å². The largest absolute Gasteiger partial charge is 0.396 e. The Kier molecular flexibility index (Phi) is 6.66. The quantitative estimate of drug-likeness (QED) is 0.553. The van der Waals surface area contributed by atoms with Crippen LogP contribution in [0.15, 0.2) is 73.1 Å². The molecule has 2 aromatic carbocycles. The Hall–Kier alpha value is -3.05. The van der Waals surface area contributed by atoms with Crippen LogP contribution in [0.3, 0.4) is 0 Å². The number of piperidine rings is 1. The first-order valence-corrected chi connectivity index (χ1v) is 11.2. The second-order valence-electron chi connectivity index (χ2n) is 8.68. The molecule has 4 nitrogen and oxygen atoms in total. The lowest BCUT2D eigenvalue weighted by molar-refractivity contribution is -0.138. The van der Waals surface area contributed by atoms with Gasteiger partial charge in [0.15, 0.2) is 0 Å². The van der Waals surface area contributed by atoms with Crippen LogP contribution in [0.5, 0.6) is 0 Å². The van der Waals surface area contributed by atoms with Crippen molar-refractivity contribution in [2.75, 3.05) is 13.2 Å². The summed E-state index contributed by atoms with van der Waals surface area (Å²) in [4.78, 5) is 19.2. The summed E-state index contributed by atoms with van der Waals surface area (Å²) in [7, 11) is 0. The number of halogens is 1. The Morgan fingerprint density at radius 3 is 2.50 bits per heavy atom. The number of aromatic nitrogens is 1. The molecule has 0 spiro atoms. The highest BCUT2D eigenvalue weighted by molar-refractivity contribution is 5.79. The maximum atomic E-state index is 13.5. The average Bonchev–Trinajstić information content (AvgIpc) is 2.83. The van der Waals surface area contributed by atoms with Crippen LogP contribution in [-0.2, 0) is 10.2 Å². The zero-order valence-corrected chi connectivity index (χ0v) is 18.4. The summed E-state index contributed by atoms with van der Waals surface area (Å²) in [6.07, 6.45) is 5.66. The van der Waals surface area contributed by atoms with Crippen molar-refractivity contribution in [3.8, 4) is 11.1 Å². The highest BCUT2D eigenvalue weighted by Crippen LogP contribution is 2.42. The van der Waals surface area contributed by atoms with Crippen molar-refractivity contribution < 1.29 is 14.3 Å². The zero-order chi connectivity index (χ0) is 22.6. The van der Waals surface area contributed by atoms with E-state index in [1.165, 1.54) is 17.8 Å². The number of pyridine rings is 1. The second kappa shape index (κ2) is 9.61. The molecule has 2 heterocycles. The summed E-state index contributed by atoms with van der Waals surface area (Å²) < 4.78 is 13.5. The standard InChI is InChI=1S/C27H29FN2O2/c1-20(21-8-10-22(11-9-21)23-16-25(28)19-29-18-23)30-14-13-27(12-5-15-31,17-26(30)32)24-6-3-2-4-7-24/h2-4,6-11,16,18-20,31H,5,12-15,17H2,1H3/t20-,27?/m0/s1. The fraction of sp³-hybridized carbons (Fsp3) is 0.333. The number of hydrogen-bond donors (Lipinski definition) is 1. The van der Waals surface area contributed by atoms with Crippen LogP contribution >= 0.6 is 0 Å². The Morgan fingerprint density at radius 2 is 1.84 bits per heavy atom. The predicted octanol–water partition coefficient (Wildman–Crippen LogP) is 5.28. The molecule has 1 aliphatic heterocycles. The minimum Gasteiger partial charge on any atom is -0.396 e. The van der Waals surface area contributed by atoms with E-state index in [0.29, 0.717) is 19.4 Å². The third kappa shape index (κ3) is 4.58. The Balaban J connectivity index is 1.51. The Bertz CT molecular complexity index is 1050. The maximum absolute atomic E-state index is 13.5. The SMILES string of the molecule is C[C@@H](c1ccc(-c2cncc(F)c2)cc1)N1CCC(CCCO)(c2ccccc2)CC1=O. The van der Waals surface area contributed by atoms with E-state index in [0.717, 1.165) is 29.5 Å². The summed E-state index contributed by atoms with van der Waals surface area (Å²) in [5, 5.41) is 9.41. The summed E-state index contributed by atoms with van der Waals surface area (Å²) in [5.74, 6) is -0.217. The van der Waals surface area contributed by atoms with Gasteiger partial charge in [-0.2, -0.15) is 0 Å². The van der Waals surface area contributed by atoms with E-state index in [1.807, 2.05) is 47.4 Å². The highest BCUT2D eigenvalue weighted by atomic mass is 19.1. The van der Waals surface area contributed by atoms with Gasteiger partial charge in [0, 0.05) is 36.7 Å². The van der Waals surface area contributed by atoms with Crippen molar-refractivity contribution in [2.24, 2.45) is 0 Å². The van der Waals surface area contributed by atoms with Crippen LogP contribution < -0.4 is 0 Å². The van der Waals surface area contributed by atoms with Gasteiger partial charge >= 0.3 is 0 Å². The molecule has 2 atom stereocenters. The molecule has 1 fully saturated rings. The number of carbonyl (C=O) groups excluding carboxylic acids is 1. The first-order valence-electron chi connectivity index (χ1n) is 11.2. The molecule has 1 aliphatic rings. The summed E-state index contributed by atoms with van der Waals surface area (Å²) in [6.45, 7) is 2.87. The van der Waals surface area contributed by atoms with Crippen molar-refractivity contribution in [1.82, 2.24) is 9.88 Å². The van der Waals surface area contributed by atoms with Gasteiger partial charge < -0.3 is 10.0 Å². The zero-order valence-electron chi connectivity index (χ0n) is 18.4. The lowest BCUT2D eigenvalue weighted by atomic mass is 9.69.